The predicted octanol–water partition coefficient (Wildman–Crippen LogP) is 4.38. The van der Waals surface area contributed by atoms with E-state index in [0.717, 1.165) is 34.4 Å². The van der Waals surface area contributed by atoms with E-state index in [0.29, 0.717) is 17.3 Å². The fourth-order valence-corrected chi connectivity index (χ4v) is 4.41. The highest BCUT2D eigenvalue weighted by molar-refractivity contribution is 6.30. The average Bonchev–Trinajstić information content (AvgIpc) is 3.31. The van der Waals surface area contributed by atoms with E-state index in [-0.39, 0.29) is 11.9 Å². The molecular weight excluding hydrogens is 386 g/mol. The van der Waals surface area contributed by atoms with Crippen molar-refractivity contribution in [3.63, 3.8) is 0 Å². The number of halogens is 1. The van der Waals surface area contributed by atoms with Crippen LogP contribution in [0.3, 0.4) is 0 Å². The number of pyridine rings is 1. The number of carbonyl (C=O) groups is 1. The molecule has 3 aromatic heterocycles. The van der Waals surface area contributed by atoms with Crippen molar-refractivity contribution in [2.75, 3.05) is 6.54 Å². The third kappa shape index (κ3) is 2.91. The van der Waals surface area contributed by atoms with Crippen LogP contribution in [0.5, 0.6) is 0 Å². The summed E-state index contributed by atoms with van der Waals surface area (Å²) in [5.74, 6) is -0.0744. The Morgan fingerprint density at radius 3 is 2.93 bits per heavy atom. The molecule has 1 unspecified atom stereocenters. The Bertz CT molecular complexity index is 1240. The highest BCUT2D eigenvalue weighted by atomic mass is 35.5. The Labute approximate surface area is 173 Å². The summed E-state index contributed by atoms with van der Waals surface area (Å²) < 4.78 is 1.89. The smallest absolute Gasteiger partial charge is 0.273 e. The van der Waals surface area contributed by atoms with Gasteiger partial charge in [0.1, 0.15) is 11.3 Å². The number of aryl methyl sites for hydroxylation is 1. The van der Waals surface area contributed by atoms with Crippen molar-refractivity contribution in [3.05, 3.63) is 70.6 Å². The molecule has 0 spiro atoms. The normalized spacial score (nSPS) is 16.2. The molecule has 0 radical (unpaired) electrons. The highest BCUT2D eigenvalue weighted by Crippen LogP contribution is 2.36. The number of benzene rings is 1. The van der Waals surface area contributed by atoms with Gasteiger partial charge in [-0.05, 0) is 43.7 Å². The van der Waals surface area contributed by atoms with Crippen LogP contribution in [0, 0.1) is 0 Å². The second-order valence-electron chi connectivity index (χ2n) is 7.38. The molecule has 0 bridgehead atoms. The molecule has 0 saturated carbocycles. The molecule has 4 aromatic rings. The Morgan fingerprint density at radius 1 is 1.24 bits per heavy atom. The standard InChI is InChI=1S/C22H20ClN5O/c1-13-19-17(20(27(2)26-19)15-4-3-5-16(23)12-15)9-11-28(13)22(29)18-7-6-14-8-10-24-21(14)25-18/h3-8,10,12-13H,9,11H2,1-2H3,(H,24,25). The van der Waals surface area contributed by atoms with Gasteiger partial charge in [0.15, 0.2) is 0 Å². The molecule has 7 heteroatoms. The maximum absolute atomic E-state index is 13.2. The lowest BCUT2D eigenvalue weighted by Gasteiger charge is -2.32. The van der Waals surface area contributed by atoms with Crippen molar-refractivity contribution in [1.29, 1.82) is 0 Å². The van der Waals surface area contributed by atoms with E-state index in [1.807, 2.05) is 66.1 Å². The first-order valence-electron chi connectivity index (χ1n) is 9.60. The summed E-state index contributed by atoms with van der Waals surface area (Å²) in [7, 11) is 1.94. The molecule has 1 aliphatic heterocycles. The van der Waals surface area contributed by atoms with Crippen LogP contribution in [0.25, 0.3) is 22.3 Å². The zero-order valence-electron chi connectivity index (χ0n) is 16.2. The number of fused-ring (bicyclic) bond motifs is 2. The van der Waals surface area contributed by atoms with Crippen molar-refractivity contribution < 1.29 is 4.79 Å². The third-order valence-corrected chi connectivity index (χ3v) is 5.86. The number of amides is 1. The second-order valence-corrected chi connectivity index (χ2v) is 7.82. The van der Waals surface area contributed by atoms with Gasteiger partial charge in [0.05, 0.1) is 17.4 Å². The summed E-state index contributed by atoms with van der Waals surface area (Å²) >= 11 is 6.20. The van der Waals surface area contributed by atoms with Gasteiger partial charge in [0.2, 0.25) is 0 Å². The summed E-state index contributed by atoms with van der Waals surface area (Å²) in [6, 6.07) is 13.3. The number of hydrogen-bond acceptors (Lipinski definition) is 3. The summed E-state index contributed by atoms with van der Waals surface area (Å²) in [6.07, 6.45) is 2.57. The minimum atomic E-state index is -0.133. The Balaban J connectivity index is 1.50. The molecule has 1 aliphatic rings. The summed E-state index contributed by atoms with van der Waals surface area (Å²) in [6.45, 7) is 2.65. The molecule has 0 aliphatic carbocycles. The van der Waals surface area contributed by atoms with Gasteiger partial charge in [0.25, 0.3) is 5.91 Å². The van der Waals surface area contributed by atoms with Crippen LogP contribution in [0.1, 0.15) is 34.7 Å². The average molecular weight is 406 g/mol. The largest absolute Gasteiger partial charge is 0.346 e. The van der Waals surface area contributed by atoms with Crippen molar-refractivity contribution in [3.8, 4) is 11.3 Å². The van der Waals surface area contributed by atoms with Gasteiger partial charge in [-0.1, -0.05) is 23.7 Å². The van der Waals surface area contributed by atoms with Crippen LogP contribution in [0.4, 0.5) is 0 Å². The van der Waals surface area contributed by atoms with Crippen LogP contribution >= 0.6 is 11.6 Å². The summed E-state index contributed by atoms with van der Waals surface area (Å²) in [4.78, 5) is 22.6. The van der Waals surface area contributed by atoms with Crippen LogP contribution in [0.2, 0.25) is 5.02 Å². The lowest BCUT2D eigenvalue weighted by atomic mass is 9.95. The van der Waals surface area contributed by atoms with E-state index in [9.17, 15) is 4.79 Å². The number of carbonyl (C=O) groups excluding carboxylic acids is 1. The maximum Gasteiger partial charge on any atom is 0.273 e. The SMILES string of the molecule is CC1c2nn(C)c(-c3cccc(Cl)c3)c2CCN1C(=O)c1ccc2cc[nH]c2n1. The molecule has 0 fully saturated rings. The fraction of sp³-hybridized carbons (Fsp3) is 0.227. The van der Waals surface area contributed by atoms with E-state index in [1.54, 1.807) is 6.07 Å². The summed E-state index contributed by atoms with van der Waals surface area (Å²) in [5.41, 5.74) is 5.39. The van der Waals surface area contributed by atoms with E-state index < -0.39 is 0 Å². The lowest BCUT2D eigenvalue weighted by molar-refractivity contribution is 0.0668. The maximum atomic E-state index is 13.2. The number of nitrogens with one attached hydrogen (secondary N) is 1. The lowest BCUT2D eigenvalue weighted by Crippen LogP contribution is -2.39. The number of hydrogen-bond donors (Lipinski definition) is 1. The molecule has 1 N–H and O–H groups in total. The Morgan fingerprint density at radius 2 is 2.10 bits per heavy atom. The van der Waals surface area contributed by atoms with Crippen molar-refractivity contribution in [2.45, 2.75) is 19.4 Å². The van der Waals surface area contributed by atoms with Gasteiger partial charge in [-0.25, -0.2) is 4.98 Å². The van der Waals surface area contributed by atoms with Gasteiger partial charge in [-0.2, -0.15) is 5.10 Å². The van der Waals surface area contributed by atoms with Crippen LogP contribution in [-0.4, -0.2) is 37.1 Å². The van der Waals surface area contributed by atoms with Gasteiger partial charge in [-0.15, -0.1) is 0 Å². The van der Waals surface area contributed by atoms with Gasteiger partial charge in [0, 0.05) is 41.3 Å². The van der Waals surface area contributed by atoms with Gasteiger partial charge < -0.3 is 9.88 Å². The Kier molecular flexibility index (Phi) is 4.17. The second kappa shape index (κ2) is 6.74. The monoisotopic (exact) mass is 405 g/mol. The van der Waals surface area contributed by atoms with Gasteiger partial charge in [-0.3, -0.25) is 9.48 Å². The zero-order chi connectivity index (χ0) is 20.1. The minimum Gasteiger partial charge on any atom is -0.346 e. The van der Waals surface area contributed by atoms with E-state index >= 15 is 0 Å². The molecule has 4 heterocycles. The number of rotatable bonds is 2. The summed E-state index contributed by atoms with van der Waals surface area (Å²) in [5, 5.41) is 6.45. The molecule has 29 heavy (non-hydrogen) atoms. The van der Waals surface area contributed by atoms with Crippen molar-refractivity contribution >= 4 is 28.5 Å². The molecule has 1 atom stereocenters. The first-order valence-corrected chi connectivity index (χ1v) is 9.97. The van der Waals surface area contributed by atoms with E-state index in [2.05, 4.69) is 9.97 Å². The van der Waals surface area contributed by atoms with Gasteiger partial charge >= 0.3 is 0 Å². The fourth-order valence-electron chi connectivity index (χ4n) is 4.22. The zero-order valence-corrected chi connectivity index (χ0v) is 16.9. The van der Waals surface area contributed by atoms with Crippen molar-refractivity contribution in [1.82, 2.24) is 24.6 Å². The topological polar surface area (TPSA) is 66.8 Å². The number of aromatic amines is 1. The molecule has 1 amide bonds. The molecule has 0 saturated heterocycles. The number of H-pyrrole nitrogens is 1. The van der Waals surface area contributed by atoms with Crippen LogP contribution < -0.4 is 0 Å². The predicted molar refractivity (Wildman–Crippen MR) is 113 cm³/mol. The first kappa shape index (κ1) is 17.9. The molecule has 6 nitrogen and oxygen atoms in total. The van der Waals surface area contributed by atoms with E-state index in [1.165, 1.54) is 5.56 Å². The third-order valence-electron chi connectivity index (χ3n) is 5.63. The van der Waals surface area contributed by atoms with Crippen molar-refractivity contribution in [2.24, 2.45) is 7.05 Å². The van der Waals surface area contributed by atoms with E-state index in [4.69, 9.17) is 16.7 Å². The highest BCUT2D eigenvalue weighted by Gasteiger charge is 2.33. The number of aromatic nitrogens is 4. The van der Waals surface area contributed by atoms with Crippen LogP contribution in [0.15, 0.2) is 48.7 Å². The molecule has 5 rings (SSSR count). The quantitative estimate of drug-likeness (QED) is 0.538. The van der Waals surface area contributed by atoms with Crippen LogP contribution in [-0.2, 0) is 13.5 Å². The number of nitrogens with zero attached hydrogens (tertiary/aromatic N) is 4. The Hall–Kier alpha value is -3.12. The first-order chi connectivity index (χ1) is 14.0. The molecular formula is C22H20ClN5O. The molecule has 146 valence electrons. The minimum absolute atomic E-state index is 0.0744. The molecule has 1 aromatic carbocycles.